The van der Waals surface area contributed by atoms with E-state index in [-0.39, 0.29) is 5.56 Å². The van der Waals surface area contributed by atoms with Crippen LogP contribution < -0.4 is 4.90 Å². The fraction of sp³-hybridized carbons (Fsp3) is 0.0488. The van der Waals surface area contributed by atoms with Gasteiger partial charge < -0.3 is 19.7 Å². The molecule has 0 saturated carbocycles. The zero-order chi connectivity index (χ0) is 35.0. The number of nitrogens with zero attached hydrogens (tertiary/aromatic N) is 3. The van der Waals surface area contributed by atoms with Crippen molar-refractivity contribution < 1.29 is 29.2 Å². The van der Waals surface area contributed by atoms with E-state index < -0.39 is 17.9 Å². The minimum Gasteiger partial charge on any atom is -0.478 e. The van der Waals surface area contributed by atoms with Gasteiger partial charge in [0.1, 0.15) is 0 Å². The second-order valence-electron chi connectivity index (χ2n) is 11.3. The fourth-order valence-corrected chi connectivity index (χ4v) is 5.40. The highest BCUT2D eigenvalue weighted by Gasteiger charge is 2.19. The first kappa shape index (κ1) is 33.0. The van der Waals surface area contributed by atoms with Crippen molar-refractivity contribution in [3.63, 3.8) is 0 Å². The van der Waals surface area contributed by atoms with E-state index in [9.17, 15) is 19.5 Å². The molecule has 246 valence electrons. The Kier molecular flexibility index (Phi) is 9.86. The molecule has 0 aliphatic rings. The molecule has 0 heterocycles. The lowest BCUT2D eigenvalue weighted by Gasteiger charge is -2.27. The van der Waals surface area contributed by atoms with Gasteiger partial charge in [-0.25, -0.2) is 14.4 Å². The third kappa shape index (κ3) is 7.32. The average Bonchev–Trinajstić information content (AvgIpc) is 3.17. The van der Waals surface area contributed by atoms with Crippen molar-refractivity contribution >= 4 is 57.2 Å². The molecule has 0 saturated heterocycles. The summed E-state index contributed by atoms with van der Waals surface area (Å²) in [6.07, 6.45) is 0. The Balaban J connectivity index is 1.36. The van der Waals surface area contributed by atoms with E-state index >= 15 is 0 Å². The van der Waals surface area contributed by atoms with Gasteiger partial charge in [0.15, 0.2) is 0 Å². The van der Waals surface area contributed by atoms with Crippen molar-refractivity contribution in [2.75, 3.05) is 4.90 Å². The molecule has 0 aliphatic heterocycles. The Bertz CT molecular complexity index is 2230. The monoisotopic (exact) mass is 661 g/mol. The number of carboxylic acid groups (broad SMARTS) is 1. The van der Waals surface area contributed by atoms with Gasteiger partial charge in [0.25, 0.3) is 0 Å². The van der Waals surface area contributed by atoms with Crippen LogP contribution in [0.2, 0.25) is 0 Å². The third-order valence-electron chi connectivity index (χ3n) is 8.00. The Labute approximate surface area is 288 Å². The van der Waals surface area contributed by atoms with Crippen molar-refractivity contribution in [1.29, 1.82) is 0 Å². The molecular weight excluding hydrogens is 630 g/mol. The highest BCUT2D eigenvalue weighted by Crippen LogP contribution is 2.40. The van der Waals surface area contributed by atoms with Crippen molar-refractivity contribution in [2.45, 2.75) is 13.8 Å². The van der Waals surface area contributed by atoms with E-state index in [2.05, 4.69) is 10.3 Å². The molecule has 50 heavy (non-hydrogen) atoms. The van der Waals surface area contributed by atoms with Crippen LogP contribution in [0.4, 0.5) is 17.1 Å². The summed E-state index contributed by atoms with van der Waals surface area (Å²) in [5.74, 6) is -2.13. The van der Waals surface area contributed by atoms with Gasteiger partial charge in [-0.05, 0) is 91.5 Å². The molecule has 0 bridgehead atoms. The predicted molar refractivity (Wildman–Crippen MR) is 194 cm³/mol. The lowest BCUT2D eigenvalue weighted by molar-refractivity contribution is 0.0508. The maximum absolute atomic E-state index is 12.6. The molecule has 1 N–H and O–H groups in total. The van der Waals surface area contributed by atoms with Crippen LogP contribution in [0.3, 0.4) is 0 Å². The molecule has 6 rings (SSSR count). The van der Waals surface area contributed by atoms with Crippen LogP contribution >= 0.6 is 0 Å². The Morgan fingerprint density at radius 3 is 1.48 bits per heavy atom. The zero-order valence-electron chi connectivity index (χ0n) is 27.2. The number of carbonyl (C=O) groups excluding carboxylic acids is 2. The fourth-order valence-electron chi connectivity index (χ4n) is 5.40. The van der Waals surface area contributed by atoms with Gasteiger partial charge in [-0.1, -0.05) is 89.2 Å². The van der Waals surface area contributed by atoms with Gasteiger partial charge in [0.05, 0.1) is 33.8 Å². The van der Waals surface area contributed by atoms with Gasteiger partial charge in [-0.3, -0.25) is 0 Å². The number of hydrogen-bond acceptors (Lipinski definition) is 8. The number of carbonyl (C=O) groups is 3. The maximum atomic E-state index is 12.6. The molecule has 6 aromatic carbocycles. The van der Waals surface area contributed by atoms with Crippen LogP contribution in [-0.4, -0.2) is 34.4 Å². The van der Waals surface area contributed by atoms with Crippen LogP contribution in [0.25, 0.3) is 10.8 Å². The number of rotatable bonds is 10. The molecule has 0 amide bonds. The first-order valence-corrected chi connectivity index (χ1v) is 15.7. The van der Waals surface area contributed by atoms with Crippen LogP contribution in [0.15, 0.2) is 156 Å². The topological polar surface area (TPSA) is 118 Å². The van der Waals surface area contributed by atoms with E-state index in [0.29, 0.717) is 22.6 Å². The lowest BCUT2D eigenvalue weighted by Crippen LogP contribution is -2.12. The third-order valence-corrected chi connectivity index (χ3v) is 8.00. The molecule has 0 spiro atoms. The summed E-state index contributed by atoms with van der Waals surface area (Å²) in [6.45, 7) is 3.53. The van der Waals surface area contributed by atoms with Gasteiger partial charge in [-0.2, -0.15) is 0 Å². The molecule has 0 aromatic heterocycles. The minimum atomic E-state index is -1.02. The van der Waals surface area contributed by atoms with Gasteiger partial charge in [0.2, 0.25) is 0 Å². The molecule has 0 unspecified atom stereocenters. The number of anilines is 3. The number of hydrogen-bond donors (Lipinski definition) is 1. The van der Waals surface area contributed by atoms with Gasteiger partial charge in [0, 0.05) is 22.3 Å². The van der Waals surface area contributed by atoms with Crippen LogP contribution in [0.1, 0.15) is 56.0 Å². The molecule has 0 atom stereocenters. The van der Waals surface area contributed by atoms with Crippen molar-refractivity contribution in [2.24, 2.45) is 10.3 Å². The van der Waals surface area contributed by atoms with E-state index in [1.54, 1.807) is 86.6 Å². The van der Waals surface area contributed by atoms with E-state index in [1.807, 2.05) is 77.7 Å². The first-order valence-electron chi connectivity index (χ1n) is 15.7. The summed E-state index contributed by atoms with van der Waals surface area (Å²) in [4.78, 5) is 49.1. The van der Waals surface area contributed by atoms with Crippen LogP contribution in [0.5, 0.6) is 0 Å². The molecular formula is C41H31N3O6. The first-order chi connectivity index (χ1) is 24.3. The minimum absolute atomic E-state index is 0.165. The number of aromatic carboxylic acids is 1. The predicted octanol–water partition coefficient (Wildman–Crippen LogP) is 9.17. The highest BCUT2D eigenvalue weighted by atomic mass is 16.7. The maximum Gasteiger partial charge on any atom is 0.365 e. The van der Waals surface area contributed by atoms with Gasteiger partial charge >= 0.3 is 17.9 Å². The molecule has 6 aromatic rings. The Morgan fingerprint density at radius 2 is 0.960 bits per heavy atom. The SMILES string of the molecule is C/C(=N/OC(=O)c1ccccc1)c1ccc(N(c2ccc(C(=O)O)cc2)c2ccc(/C(C)=N\OC(=O)c3ccccc3)c3ccccc23)cc1. The smallest absolute Gasteiger partial charge is 0.365 e. The zero-order valence-corrected chi connectivity index (χ0v) is 27.2. The van der Waals surface area contributed by atoms with E-state index in [4.69, 9.17) is 9.68 Å². The lowest BCUT2D eigenvalue weighted by atomic mass is 9.98. The summed E-state index contributed by atoms with van der Waals surface area (Å²) in [6, 6.07) is 43.2. The molecule has 9 heteroatoms. The Hall–Kier alpha value is -6.87. The number of fused-ring (bicyclic) bond motifs is 1. The molecule has 0 aliphatic carbocycles. The largest absolute Gasteiger partial charge is 0.478 e. The standard InChI is InChI=1S/C41H31N3O6/c1-27(42-49-40(47)31-11-5-3-6-12-31)29-17-21-33(22-18-29)44(34-23-19-30(20-24-34)39(45)46)38-26-25-35(36-15-9-10-16-37(36)38)28(2)43-50-41(48)32-13-7-4-8-14-32/h3-26H,1-2H3,(H,45,46)/b42-27-,43-28-. The van der Waals surface area contributed by atoms with E-state index in [0.717, 1.165) is 39.0 Å². The summed E-state index contributed by atoms with van der Waals surface area (Å²) >= 11 is 0. The number of benzene rings is 6. The summed E-state index contributed by atoms with van der Waals surface area (Å²) in [5, 5.41) is 19.5. The second kappa shape index (κ2) is 14.9. The number of carboxylic acids is 1. The highest BCUT2D eigenvalue weighted by molar-refractivity contribution is 6.13. The summed E-state index contributed by atoms with van der Waals surface area (Å²) < 4.78 is 0. The van der Waals surface area contributed by atoms with Gasteiger partial charge in [-0.15, -0.1) is 0 Å². The summed E-state index contributed by atoms with van der Waals surface area (Å²) in [7, 11) is 0. The molecule has 0 radical (unpaired) electrons. The second-order valence-corrected chi connectivity index (χ2v) is 11.3. The normalized spacial score (nSPS) is 11.6. The summed E-state index contributed by atoms with van der Waals surface area (Å²) in [5.41, 5.74) is 5.83. The average molecular weight is 662 g/mol. The van der Waals surface area contributed by atoms with Crippen molar-refractivity contribution in [3.05, 3.63) is 173 Å². The number of oxime groups is 2. The molecule has 0 fully saturated rings. The van der Waals surface area contributed by atoms with Crippen molar-refractivity contribution in [1.82, 2.24) is 0 Å². The molecule has 9 nitrogen and oxygen atoms in total. The Morgan fingerprint density at radius 1 is 0.500 bits per heavy atom. The quantitative estimate of drug-likeness (QED) is 0.0884. The van der Waals surface area contributed by atoms with Crippen LogP contribution in [-0.2, 0) is 9.68 Å². The van der Waals surface area contributed by atoms with Crippen molar-refractivity contribution in [3.8, 4) is 0 Å². The van der Waals surface area contributed by atoms with Crippen LogP contribution in [0, 0.1) is 0 Å². The van der Waals surface area contributed by atoms with E-state index in [1.165, 1.54) is 0 Å².